The molecule has 9 heteroatoms. The number of aromatic nitrogens is 1. The number of aliphatic hydroxyl groups is 1. The van der Waals surface area contributed by atoms with E-state index in [0.717, 1.165) is 22.4 Å². The van der Waals surface area contributed by atoms with Gasteiger partial charge in [0.2, 0.25) is 0 Å². The normalized spacial score (nSPS) is 14.1. The summed E-state index contributed by atoms with van der Waals surface area (Å²) in [4.78, 5) is 30.6. The highest BCUT2D eigenvalue weighted by molar-refractivity contribution is 5.86. The van der Waals surface area contributed by atoms with Crippen molar-refractivity contribution < 1.29 is 19.4 Å². The zero-order valence-corrected chi connectivity index (χ0v) is 25.5. The molecule has 0 fully saturated rings. The maximum Gasteiger partial charge on any atom is 0.408 e. The van der Waals surface area contributed by atoms with Gasteiger partial charge in [0.15, 0.2) is 0 Å². The van der Waals surface area contributed by atoms with Crippen LogP contribution in [0.2, 0.25) is 0 Å². The number of rotatable bonds is 11. The number of hydrazine groups is 1. The minimum Gasteiger partial charge on any atom is -0.444 e. The van der Waals surface area contributed by atoms with Gasteiger partial charge in [-0.1, -0.05) is 81.4 Å². The van der Waals surface area contributed by atoms with Gasteiger partial charge in [-0.15, -0.1) is 0 Å². The van der Waals surface area contributed by atoms with E-state index in [1.807, 2.05) is 93.6 Å². The molecule has 0 aliphatic heterocycles. The van der Waals surface area contributed by atoms with Crippen molar-refractivity contribution in [1.82, 2.24) is 20.7 Å². The Morgan fingerprint density at radius 3 is 2.14 bits per heavy atom. The molecular formula is C33H45N5O4. The highest BCUT2D eigenvalue weighted by Crippen LogP contribution is 2.21. The van der Waals surface area contributed by atoms with Gasteiger partial charge in [-0.2, -0.15) is 0 Å². The first-order valence-corrected chi connectivity index (χ1v) is 14.2. The Hall–Kier alpha value is -3.79. The third-order valence-electron chi connectivity index (χ3n) is 6.56. The molecule has 1 unspecified atom stereocenters. The van der Waals surface area contributed by atoms with Crippen LogP contribution in [0.5, 0.6) is 0 Å². The highest BCUT2D eigenvalue weighted by atomic mass is 16.6. The SMILES string of the molecule is CC(C)(C)OC(=O)NC(C(=O)NN(Cc1ccc(-c2ccccn2)cc1)C[C@H](O)[C@@H](N)Cc1ccccc1)C(C)(C)C. The van der Waals surface area contributed by atoms with Crippen molar-refractivity contribution in [3.05, 3.63) is 90.1 Å². The smallest absolute Gasteiger partial charge is 0.408 e. The van der Waals surface area contributed by atoms with Crippen molar-refractivity contribution in [1.29, 1.82) is 0 Å². The van der Waals surface area contributed by atoms with E-state index < -0.39 is 41.2 Å². The number of benzene rings is 2. The summed E-state index contributed by atoms with van der Waals surface area (Å²) in [6.07, 6.45) is 0.606. The van der Waals surface area contributed by atoms with Crippen LogP contribution < -0.4 is 16.5 Å². The largest absolute Gasteiger partial charge is 0.444 e. The molecule has 0 saturated carbocycles. The first kappa shape index (κ1) is 32.7. The van der Waals surface area contributed by atoms with Gasteiger partial charge in [0.1, 0.15) is 11.6 Å². The van der Waals surface area contributed by atoms with E-state index in [1.165, 1.54) is 0 Å². The highest BCUT2D eigenvalue weighted by Gasteiger charge is 2.35. The number of alkyl carbamates (subject to hydrolysis) is 1. The van der Waals surface area contributed by atoms with Crippen LogP contribution in [-0.2, 0) is 22.5 Å². The molecule has 3 atom stereocenters. The molecule has 0 radical (unpaired) electrons. The number of nitrogens with zero attached hydrogens (tertiary/aromatic N) is 2. The van der Waals surface area contributed by atoms with Crippen LogP contribution in [0, 0.1) is 5.41 Å². The predicted octanol–water partition coefficient (Wildman–Crippen LogP) is 4.45. The maximum absolute atomic E-state index is 13.6. The average Bonchev–Trinajstić information content (AvgIpc) is 2.91. The molecule has 1 heterocycles. The third-order valence-corrected chi connectivity index (χ3v) is 6.56. The zero-order valence-electron chi connectivity index (χ0n) is 25.5. The lowest BCUT2D eigenvalue weighted by atomic mass is 9.86. The van der Waals surface area contributed by atoms with Gasteiger partial charge in [-0.05, 0) is 55.9 Å². The molecule has 3 rings (SSSR count). The minimum atomic E-state index is -0.940. The molecule has 0 bridgehead atoms. The third kappa shape index (κ3) is 10.6. The Bertz CT molecular complexity index is 1270. The van der Waals surface area contributed by atoms with E-state index in [-0.39, 0.29) is 6.54 Å². The quantitative estimate of drug-likeness (QED) is 0.249. The number of carbonyl (C=O) groups is 2. The molecule has 0 saturated heterocycles. The number of pyridine rings is 1. The topological polar surface area (TPSA) is 130 Å². The van der Waals surface area contributed by atoms with Crippen LogP contribution in [-0.4, -0.2) is 57.4 Å². The number of aliphatic hydroxyl groups excluding tert-OH is 1. The monoisotopic (exact) mass is 575 g/mol. The molecule has 2 aromatic carbocycles. The van der Waals surface area contributed by atoms with Crippen LogP contribution in [0.3, 0.4) is 0 Å². The minimum absolute atomic E-state index is 0.0744. The van der Waals surface area contributed by atoms with E-state index in [0.29, 0.717) is 13.0 Å². The van der Waals surface area contributed by atoms with Gasteiger partial charge in [-0.3, -0.25) is 15.2 Å². The predicted molar refractivity (Wildman–Crippen MR) is 165 cm³/mol. The molecular weight excluding hydrogens is 530 g/mol. The second-order valence-electron chi connectivity index (χ2n) is 12.6. The fourth-order valence-electron chi connectivity index (χ4n) is 4.39. The van der Waals surface area contributed by atoms with Crippen LogP contribution in [0.15, 0.2) is 79.0 Å². The number of ether oxygens (including phenoxy) is 1. The van der Waals surface area contributed by atoms with Crippen LogP contribution in [0.4, 0.5) is 4.79 Å². The summed E-state index contributed by atoms with van der Waals surface area (Å²) in [5.74, 6) is -0.428. The molecule has 2 amide bonds. The van der Waals surface area contributed by atoms with Crippen molar-refractivity contribution in [2.75, 3.05) is 6.54 Å². The summed E-state index contributed by atoms with van der Waals surface area (Å²) in [7, 11) is 0. The van der Waals surface area contributed by atoms with Gasteiger partial charge in [0, 0.05) is 30.9 Å². The second-order valence-corrected chi connectivity index (χ2v) is 12.6. The lowest BCUT2D eigenvalue weighted by Gasteiger charge is -2.34. The number of nitrogens with one attached hydrogen (secondary N) is 2. The lowest BCUT2D eigenvalue weighted by molar-refractivity contribution is -0.131. The first-order chi connectivity index (χ1) is 19.7. The molecule has 3 aromatic rings. The molecule has 0 spiro atoms. The number of hydrogen-bond acceptors (Lipinski definition) is 7. The summed E-state index contributed by atoms with van der Waals surface area (Å²) in [5, 5.41) is 15.5. The van der Waals surface area contributed by atoms with E-state index in [2.05, 4.69) is 15.7 Å². The fraction of sp³-hybridized carbons (Fsp3) is 0.424. The number of hydrogen-bond donors (Lipinski definition) is 4. The van der Waals surface area contributed by atoms with E-state index in [1.54, 1.807) is 32.0 Å². The summed E-state index contributed by atoms with van der Waals surface area (Å²) >= 11 is 0. The van der Waals surface area contributed by atoms with Crippen LogP contribution in [0.25, 0.3) is 11.3 Å². The van der Waals surface area contributed by atoms with Gasteiger partial charge in [0.25, 0.3) is 5.91 Å². The molecule has 42 heavy (non-hydrogen) atoms. The summed E-state index contributed by atoms with van der Waals surface area (Å²) < 4.78 is 5.41. The van der Waals surface area contributed by atoms with Crippen molar-refractivity contribution in [2.45, 2.75) is 78.3 Å². The Balaban J connectivity index is 1.79. The lowest BCUT2D eigenvalue weighted by Crippen LogP contribution is -2.59. The van der Waals surface area contributed by atoms with Gasteiger partial charge in [0.05, 0.1) is 11.8 Å². The Labute approximate surface area is 249 Å². The van der Waals surface area contributed by atoms with E-state index in [4.69, 9.17) is 10.5 Å². The Morgan fingerprint density at radius 1 is 0.929 bits per heavy atom. The molecule has 226 valence electrons. The van der Waals surface area contributed by atoms with Gasteiger partial charge >= 0.3 is 6.09 Å². The van der Waals surface area contributed by atoms with Gasteiger partial charge < -0.3 is 20.9 Å². The van der Waals surface area contributed by atoms with E-state index in [9.17, 15) is 14.7 Å². The molecule has 9 nitrogen and oxygen atoms in total. The molecule has 0 aliphatic carbocycles. The Morgan fingerprint density at radius 2 is 1.57 bits per heavy atom. The Kier molecular flexibility index (Phi) is 11.2. The van der Waals surface area contributed by atoms with Crippen LogP contribution in [0.1, 0.15) is 52.7 Å². The molecule has 1 aromatic heterocycles. The molecule has 0 aliphatic rings. The van der Waals surface area contributed by atoms with Crippen molar-refractivity contribution >= 4 is 12.0 Å². The summed E-state index contributed by atoms with van der Waals surface area (Å²) in [6.45, 7) is 11.2. The second kappa shape index (κ2) is 14.4. The summed E-state index contributed by atoms with van der Waals surface area (Å²) in [6, 6.07) is 21.9. The van der Waals surface area contributed by atoms with Crippen molar-refractivity contribution in [2.24, 2.45) is 11.1 Å². The zero-order chi connectivity index (χ0) is 30.9. The average molecular weight is 576 g/mol. The number of nitrogens with two attached hydrogens (primary N) is 1. The standard InChI is InChI=1S/C33H45N5O4/c1-32(2,3)29(36-31(41)42-33(4,5)6)30(40)37-38(22-28(39)26(34)20-23-12-8-7-9-13-23)21-24-15-17-25(18-16-24)27-14-10-11-19-35-27/h7-19,26,28-29,39H,20-22,34H2,1-6H3,(H,36,41)(H,37,40)/t26-,28-,29?/m0/s1. The van der Waals surface area contributed by atoms with Crippen molar-refractivity contribution in [3.8, 4) is 11.3 Å². The van der Waals surface area contributed by atoms with Crippen LogP contribution >= 0.6 is 0 Å². The molecule has 5 N–H and O–H groups in total. The summed E-state index contributed by atoms with van der Waals surface area (Å²) in [5.41, 5.74) is 11.7. The number of amides is 2. The van der Waals surface area contributed by atoms with E-state index >= 15 is 0 Å². The number of carbonyl (C=O) groups excluding carboxylic acids is 2. The fourth-order valence-corrected chi connectivity index (χ4v) is 4.39. The van der Waals surface area contributed by atoms with Crippen molar-refractivity contribution in [3.63, 3.8) is 0 Å². The first-order valence-electron chi connectivity index (χ1n) is 14.2. The van der Waals surface area contributed by atoms with Gasteiger partial charge in [-0.25, -0.2) is 9.80 Å². The maximum atomic E-state index is 13.6.